The lowest BCUT2D eigenvalue weighted by molar-refractivity contribution is -0.140. The molecular formula is C23H19N3O3. The van der Waals surface area contributed by atoms with Crippen molar-refractivity contribution in [1.29, 1.82) is 5.26 Å². The van der Waals surface area contributed by atoms with Gasteiger partial charge in [0.15, 0.2) is 0 Å². The molecule has 3 aliphatic heterocycles. The molecule has 29 heavy (non-hydrogen) atoms. The van der Waals surface area contributed by atoms with E-state index in [0.29, 0.717) is 17.5 Å². The largest absolute Gasteiger partial charge is 0.318 e. The fourth-order valence-corrected chi connectivity index (χ4v) is 4.94. The van der Waals surface area contributed by atoms with Crippen molar-refractivity contribution in [3.63, 3.8) is 0 Å². The lowest BCUT2D eigenvalue weighted by Gasteiger charge is -2.40. The van der Waals surface area contributed by atoms with Gasteiger partial charge in [-0.05, 0) is 42.5 Å². The van der Waals surface area contributed by atoms with Gasteiger partial charge in [0.05, 0.1) is 23.2 Å². The summed E-state index contributed by atoms with van der Waals surface area (Å²) in [5.74, 6) is -1.19. The van der Waals surface area contributed by atoms with Gasteiger partial charge in [-0.2, -0.15) is 5.26 Å². The van der Waals surface area contributed by atoms with Gasteiger partial charge in [-0.25, -0.2) is 0 Å². The first-order valence-corrected chi connectivity index (χ1v) is 9.88. The third kappa shape index (κ3) is 2.51. The quantitative estimate of drug-likeness (QED) is 0.707. The van der Waals surface area contributed by atoms with E-state index < -0.39 is 23.9 Å². The number of carbonyl (C=O) groups is 3. The summed E-state index contributed by atoms with van der Waals surface area (Å²) in [4.78, 5) is 42.5. The Labute approximate surface area is 168 Å². The van der Waals surface area contributed by atoms with Gasteiger partial charge in [0, 0.05) is 6.42 Å². The minimum absolute atomic E-state index is 0.197. The molecule has 2 aromatic rings. The predicted octanol–water partition coefficient (Wildman–Crippen LogP) is 2.85. The predicted molar refractivity (Wildman–Crippen MR) is 104 cm³/mol. The molecule has 144 valence electrons. The molecule has 6 nitrogen and oxygen atoms in total. The van der Waals surface area contributed by atoms with Crippen molar-refractivity contribution in [2.45, 2.75) is 43.8 Å². The van der Waals surface area contributed by atoms with Crippen LogP contribution in [0.3, 0.4) is 0 Å². The molecule has 0 radical (unpaired) electrons. The summed E-state index contributed by atoms with van der Waals surface area (Å²) >= 11 is 0. The van der Waals surface area contributed by atoms with E-state index in [-0.39, 0.29) is 18.4 Å². The first-order chi connectivity index (χ1) is 14.1. The number of rotatable bonds is 1. The Morgan fingerprint density at radius 3 is 2.21 bits per heavy atom. The number of nitriles is 1. The highest BCUT2D eigenvalue weighted by Crippen LogP contribution is 2.40. The highest BCUT2D eigenvalue weighted by atomic mass is 16.2. The molecular weight excluding hydrogens is 366 g/mol. The number of benzene rings is 2. The molecule has 0 aromatic heterocycles. The molecule has 1 fully saturated rings. The number of carbonyl (C=O) groups excluding carboxylic acids is 3. The highest BCUT2D eigenvalue weighted by Gasteiger charge is 2.48. The third-order valence-electron chi connectivity index (χ3n) is 6.28. The summed E-state index contributed by atoms with van der Waals surface area (Å²) in [6.45, 7) is 0. The second kappa shape index (κ2) is 6.56. The van der Waals surface area contributed by atoms with Gasteiger partial charge in [0.1, 0.15) is 12.1 Å². The number of amides is 3. The monoisotopic (exact) mass is 385 g/mol. The SMILES string of the molecule is N#CC1CCCC2c3ccccc3CC(N3C(=O)c4ccccc4C3=O)C(=O)N12. The van der Waals surface area contributed by atoms with Gasteiger partial charge in [0.2, 0.25) is 5.91 Å². The summed E-state index contributed by atoms with van der Waals surface area (Å²) in [6, 6.07) is 15.0. The number of hydrogen-bond donors (Lipinski definition) is 0. The Morgan fingerprint density at radius 1 is 0.862 bits per heavy atom. The fraction of sp³-hybridized carbons (Fsp3) is 0.304. The van der Waals surface area contributed by atoms with Gasteiger partial charge in [0.25, 0.3) is 11.8 Å². The van der Waals surface area contributed by atoms with Crippen LogP contribution in [0.1, 0.15) is 57.1 Å². The Hall–Kier alpha value is -3.46. The molecule has 6 heteroatoms. The highest BCUT2D eigenvalue weighted by molar-refractivity contribution is 6.22. The smallest absolute Gasteiger partial charge is 0.262 e. The zero-order valence-corrected chi connectivity index (χ0v) is 15.7. The van der Waals surface area contributed by atoms with Crippen molar-refractivity contribution in [3.05, 3.63) is 70.8 Å². The van der Waals surface area contributed by atoms with E-state index in [1.54, 1.807) is 29.2 Å². The maximum absolute atomic E-state index is 13.7. The Kier molecular flexibility index (Phi) is 3.99. The number of fused-ring (bicyclic) bond motifs is 4. The van der Waals surface area contributed by atoms with E-state index >= 15 is 0 Å². The molecule has 0 saturated carbocycles. The molecule has 1 saturated heterocycles. The van der Waals surface area contributed by atoms with Crippen LogP contribution in [0.15, 0.2) is 48.5 Å². The van der Waals surface area contributed by atoms with E-state index in [1.807, 2.05) is 24.3 Å². The van der Waals surface area contributed by atoms with Crippen LogP contribution in [0.2, 0.25) is 0 Å². The summed E-state index contributed by atoms with van der Waals surface area (Å²) in [6.07, 6.45) is 2.51. The minimum atomic E-state index is -0.942. The number of nitrogens with zero attached hydrogens (tertiary/aromatic N) is 3. The second-order valence-corrected chi connectivity index (χ2v) is 7.78. The van der Waals surface area contributed by atoms with Crippen LogP contribution in [0.4, 0.5) is 0 Å². The summed E-state index contributed by atoms with van der Waals surface area (Å²) in [7, 11) is 0. The maximum atomic E-state index is 13.7. The Morgan fingerprint density at radius 2 is 1.52 bits per heavy atom. The fourth-order valence-electron chi connectivity index (χ4n) is 4.94. The van der Waals surface area contributed by atoms with Gasteiger partial charge in [-0.1, -0.05) is 36.4 Å². The molecule has 3 unspecified atom stereocenters. The van der Waals surface area contributed by atoms with Crippen LogP contribution in [0.25, 0.3) is 0 Å². The standard InChI is InChI=1S/C23H19N3O3/c24-13-15-7-5-11-19-16-8-2-1-6-14(16)12-20(23(29)25(15)19)26-21(27)17-9-3-4-10-18(17)22(26)28/h1-4,6,8-10,15,19-20H,5,7,11-12H2. The van der Waals surface area contributed by atoms with Crippen molar-refractivity contribution in [2.24, 2.45) is 0 Å². The van der Waals surface area contributed by atoms with Gasteiger partial charge < -0.3 is 4.90 Å². The topological polar surface area (TPSA) is 81.5 Å². The average Bonchev–Trinajstić information content (AvgIpc) is 2.93. The molecule has 3 amide bonds. The van der Waals surface area contributed by atoms with Crippen LogP contribution in [-0.4, -0.2) is 39.6 Å². The van der Waals surface area contributed by atoms with Gasteiger partial charge >= 0.3 is 0 Å². The van der Waals surface area contributed by atoms with Gasteiger partial charge in [-0.15, -0.1) is 0 Å². The lowest BCUT2D eigenvalue weighted by Crippen LogP contribution is -2.54. The Balaban J connectivity index is 1.63. The van der Waals surface area contributed by atoms with Crippen LogP contribution in [0, 0.1) is 11.3 Å². The van der Waals surface area contributed by atoms with Gasteiger partial charge in [-0.3, -0.25) is 19.3 Å². The van der Waals surface area contributed by atoms with Crippen molar-refractivity contribution >= 4 is 17.7 Å². The normalized spacial score (nSPS) is 25.8. The van der Waals surface area contributed by atoms with Crippen molar-refractivity contribution in [1.82, 2.24) is 9.80 Å². The zero-order chi connectivity index (χ0) is 20.1. The molecule has 3 heterocycles. The average molecular weight is 385 g/mol. The lowest BCUT2D eigenvalue weighted by atomic mass is 9.89. The van der Waals surface area contributed by atoms with Crippen LogP contribution < -0.4 is 0 Å². The van der Waals surface area contributed by atoms with Crippen LogP contribution in [-0.2, 0) is 11.2 Å². The molecule has 5 rings (SSSR count). The Bertz CT molecular complexity index is 1050. The maximum Gasteiger partial charge on any atom is 0.262 e. The molecule has 2 aromatic carbocycles. The minimum Gasteiger partial charge on any atom is -0.318 e. The van der Waals surface area contributed by atoms with Crippen LogP contribution >= 0.6 is 0 Å². The summed E-state index contributed by atoms with van der Waals surface area (Å²) in [5.41, 5.74) is 2.62. The van der Waals surface area contributed by atoms with E-state index in [1.165, 1.54) is 0 Å². The van der Waals surface area contributed by atoms with Crippen molar-refractivity contribution in [2.75, 3.05) is 0 Å². The molecule has 3 aliphatic rings. The first-order valence-electron chi connectivity index (χ1n) is 9.88. The van der Waals surface area contributed by atoms with Crippen LogP contribution in [0.5, 0.6) is 0 Å². The van der Waals surface area contributed by atoms with Crippen molar-refractivity contribution < 1.29 is 14.4 Å². The zero-order valence-electron chi connectivity index (χ0n) is 15.7. The molecule has 3 atom stereocenters. The van der Waals surface area contributed by atoms with Crippen molar-refractivity contribution in [3.8, 4) is 6.07 Å². The summed E-state index contributed by atoms with van der Waals surface area (Å²) < 4.78 is 0. The number of imide groups is 1. The molecule has 0 spiro atoms. The number of hydrogen-bond acceptors (Lipinski definition) is 4. The molecule has 0 N–H and O–H groups in total. The molecule has 0 bridgehead atoms. The van der Waals surface area contributed by atoms with E-state index in [9.17, 15) is 19.6 Å². The third-order valence-corrected chi connectivity index (χ3v) is 6.28. The second-order valence-electron chi connectivity index (χ2n) is 7.78. The van der Waals surface area contributed by atoms with E-state index in [0.717, 1.165) is 28.9 Å². The van der Waals surface area contributed by atoms with E-state index in [2.05, 4.69) is 6.07 Å². The summed E-state index contributed by atoms with van der Waals surface area (Å²) in [5, 5.41) is 9.69. The molecule has 0 aliphatic carbocycles. The number of piperidine rings is 1. The first kappa shape index (κ1) is 17.6. The van der Waals surface area contributed by atoms with E-state index in [4.69, 9.17) is 0 Å².